The first kappa shape index (κ1) is 14.3. The van der Waals surface area contributed by atoms with Gasteiger partial charge in [-0.2, -0.15) is 4.98 Å². The monoisotopic (exact) mass is 320 g/mol. The molecule has 2 aromatic rings. The van der Waals surface area contributed by atoms with Gasteiger partial charge in [0.2, 0.25) is 5.95 Å². The zero-order valence-corrected chi connectivity index (χ0v) is 14.2. The molecule has 0 radical (unpaired) electrons. The highest BCUT2D eigenvalue weighted by Crippen LogP contribution is 2.51. The third-order valence-electron chi connectivity index (χ3n) is 5.92. The fourth-order valence-corrected chi connectivity index (χ4v) is 4.81. The van der Waals surface area contributed by atoms with Crippen molar-refractivity contribution in [3.8, 4) is 0 Å². The van der Waals surface area contributed by atoms with Gasteiger partial charge in [-0.05, 0) is 37.3 Å². The zero-order chi connectivity index (χ0) is 16.1. The van der Waals surface area contributed by atoms with Crippen LogP contribution < -0.4 is 10.2 Å². The molecule has 124 valence electrons. The minimum Gasteiger partial charge on any atom is -0.351 e. The number of nitrogens with zero attached hydrogens (tertiary/aromatic N) is 3. The van der Waals surface area contributed by atoms with Gasteiger partial charge in [0.05, 0.1) is 6.04 Å². The van der Waals surface area contributed by atoms with Crippen LogP contribution in [0.1, 0.15) is 60.9 Å². The van der Waals surface area contributed by atoms with E-state index < -0.39 is 0 Å². The normalized spacial score (nSPS) is 25.3. The lowest BCUT2D eigenvalue weighted by Gasteiger charge is -2.30. The quantitative estimate of drug-likeness (QED) is 0.921. The van der Waals surface area contributed by atoms with Crippen LogP contribution in [0.5, 0.6) is 0 Å². The van der Waals surface area contributed by atoms with Crippen molar-refractivity contribution in [3.05, 3.63) is 47.2 Å². The molecule has 4 heteroatoms. The highest BCUT2D eigenvalue weighted by Gasteiger charge is 2.42. The molecule has 3 aliphatic rings. The van der Waals surface area contributed by atoms with Gasteiger partial charge < -0.3 is 10.2 Å². The van der Waals surface area contributed by atoms with Gasteiger partial charge in [-0.15, -0.1) is 0 Å². The van der Waals surface area contributed by atoms with Gasteiger partial charge in [0.25, 0.3) is 0 Å². The number of rotatable bonds is 3. The Morgan fingerprint density at radius 1 is 1.08 bits per heavy atom. The second kappa shape index (κ2) is 5.47. The molecule has 2 aliphatic carbocycles. The maximum Gasteiger partial charge on any atom is 0.225 e. The summed E-state index contributed by atoms with van der Waals surface area (Å²) in [6.07, 6.45) is 6.36. The van der Waals surface area contributed by atoms with E-state index in [1.165, 1.54) is 37.7 Å². The van der Waals surface area contributed by atoms with Crippen molar-refractivity contribution >= 4 is 11.8 Å². The molecule has 0 spiro atoms. The van der Waals surface area contributed by atoms with Gasteiger partial charge in [0.15, 0.2) is 0 Å². The number of fused-ring (bicyclic) bond motifs is 5. The summed E-state index contributed by atoms with van der Waals surface area (Å²) < 4.78 is 0. The van der Waals surface area contributed by atoms with Gasteiger partial charge in [-0.1, -0.05) is 37.1 Å². The number of aryl methyl sites for hydroxylation is 1. The predicted octanol–water partition coefficient (Wildman–Crippen LogP) is 4.19. The summed E-state index contributed by atoms with van der Waals surface area (Å²) in [5.41, 5.74) is 4.10. The Bertz CT molecular complexity index is 766. The molecule has 1 saturated heterocycles. The summed E-state index contributed by atoms with van der Waals surface area (Å²) in [6, 6.07) is 12.1. The van der Waals surface area contributed by atoms with E-state index in [9.17, 15) is 0 Å². The van der Waals surface area contributed by atoms with Crippen molar-refractivity contribution in [1.82, 2.24) is 9.97 Å². The van der Waals surface area contributed by atoms with E-state index in [0.717, 1.165) is 24.0 Å². The number of hydrogen-bond donors (Lipinski definition) is 1. The lowest BCUT2D eigenvalue weighted by Crippen LogP contribution is -2.28. The lowest BCUT2D eigenvalue weighted by molar-refractivity contribution is 0.718. The van der Waals surface area contributed by atoms with E-state index in [4.69, 9.17) is 4.98 Å². The Morgan fingerprint density at radius 2 is 1.88 bits per heavy atom. The van der Waals surface area contributed by atoms with Gasteiger partial charge in [0.1, 0.15) is 5.82 Å². The predicted molar refractivity (Wildman–Crippen MR) is 96.5 cm³/mol. The molecular weight excluding hydrogens is 296 g/mol. The molecule has 1 aromatic carbocycles. The van der Waals surface area contributed by atoms with E-state index in [1.807, 2.05) is 0 Å². The van der Waals surface area contributed by atoms with Crippen molar-refractivity contribution < 1.29 is 0 Å². The smallest absolute Gasteiger partial charge is 0.225 e. The van der Waals surface area contributed by atoms with Gasteiger partial charge in [-0.25, -0.2) is 4.98 Å². The second-order valence-corrected chi connectivity index (χ2v) is 7.55. The van der Waals surface area contributed by atoms with Crippen molar-refractivity contribution in [1.29, 1.82) is 0 Å². The molecule has 2 bridgehead atoms. The molecule has 1 aromatic heterocycles. The average Bonchev–Trinajstić information content (AvgIpc) is 3.31. The fraction of sp³-hybridized carbons (Fsp3) is 0.500. The van der Waals surface area contributed by atoms with E-state index in [2.05, 4.69) is 52.5 Å². The number of aromatic nitrogens is 2. The van der Waals surface area contributed by atoms with E-state index in [-0.39, 0.29) is 0 Å². The molecule has 2 heterocycles. The summed E-state index contributed by atoms with van der Waals surface area (Å²) in [5, 5.41) is 3.56. The fourth-order valence-electron chi connectivity index (χ4n) is 4.81. The van der Waals surface area contributed by atoms with Crippen molar-refractivity contribution in [2.45, 2.75) is 57.0 Å². The summed E-state index contributed by atoms with van der Waals surface area (Å²) in [4.78, 5) is 12.0. The zero-order valence-electron chi connectivity index (χ0n) is 14.2. The molecule has 24 heavy (non-hydrogen) atoms. The molecule has 1 saturated carbocycles. The third-order valence-corrected chi connectivity index (χ3v) is 5.92. The van der Waals surface area contributed by atoms with Crippen LogP contribution in [0.25, 0.3) is 0 Å². The van der Waals surface area contributed by atoms with Crippen molar-refractivity contribution in [2.24, 2.45) is 0 Å². The molecular formula is C20H24N4. The number of anilines is 2. The number of hydrogen-bond acceptors (Lipinski definition) is 4. The topological polar surface area (TPSA) is 41.1 Å². The van der Waals surface area contributed by atoms with Gasteiger partial charge in [-0.3, -0.25) is 0 Å². The summed E-state index contributed by atoms with van der Waals surface area (Å²) >= 11 is 0. The first-order chi connectivity index (χ1) is 11.8. The number of benzene rings is 1. The average molecular weight is 320 g/mol. The first-order valence-corrected chi connectivity index (χ1v) is 9.25. The van der Waals surface area contributed by atoms with Crippen LogP contribution in [0.15, 0.2) is 30.3 Å². The van der Waals surface area contributed by atoms with Crippen LogP contribution in [-0.4, -0.2) is 22.6 Å². The molecule has 5 rings (SSSR count). The van der Waals surface area contributed by atoms with Gasteiger partial charge >= 0.3 is 0 Å². The van der Waals surface area contributed by atoms with E-state index in [1.54, 1.807) is 5.56 Å². The SMILES string of the molecule is Cc1cc(N2C[C@H]3C[C@H]2c2ccccc23)nc(NC2CCCC2)n1. The minimum atomic E-state index is 0.486. The molecule has 1 N–H and O–H groups in total. The Labute approximate surface area is 143 Å². The van der Waals surface area contributed by atoms with Crippen LogP contribution >= 0.6 is 0 Å². The first-order valence-electron chi connectivity index (χ1n) is 9.25. The van der Waals surface area contributed by atoms with Crippen LogP contribution in [-0.2, 0) is 0 Å². The van der Waals surface area contributed by atoms with E-state index in [0.29, 0.717) is 18.0 Å². The largest absolute Gasteiger partial charge is 0.351 e. The minimum absolute atomic E-state index is 0.486. The Balaban J connectivity index is 1.44. The molecule has 0 amide bonds. The summed E-state index contributed by atoms with van der Waals surface area (Å²) in [5.74, 6) is 2.56. The summed E-state index contributed by atoms with van der Waals surface area (Å²) in [6.45, 7) is 3.16. The molecule has 1 aliphatic heterocycles. The highest BCUT2D eigenvalue weighted by molar-refractivity contribution is 5.55. The van der Waals surface area contributed by atoms with E-state index >= 15 is 0 Å². The molecule has 2 atom stereocenters. The standard InChI is InChI=1S/C20H24N4/c1-13-10-19(23-20(21-13)22-15-6-2-3-7-15)24-12-14-11-18(24)17-9-5-4-8-16(14)17/h4-5,8-10,14-15,18H,2-3,6-7,11-12H2,1H3,(H,21,22,23)/t14-,18+/m1/s1. The van der Waals surface area contributed by atoms with Crippen LogP contribution in [0, 0.1) is 6.92 Å². The maximum absolute atomic E-state index is 4.87. The van der Waals surface area contributed by atoms with Crippen LogP contribution in [0.3, 0.4) is 0 Å². The summed E-state index contributed by atoms with van der Waals surface area (Å²) in [7, 11) is 0. The van der Waals surface area contributed by atoms with Gasteiger partial charge in [0, 0.05) is 30.3 Å². The molecule has 0 unspecified atom stereocenters. The van der Waals surface area contributed by atoms with Crippen molar-refractivity contribution in [2.75, 3.05) is 16.8 Å². The molecule has 2 fully saturated rings. The Hall–Kier alpha value is -2.10. The Kier molecular flexibility index (Phi) is 3.25. The third kappa shape index (κ3) is 2.27. The highest BCUT2D eigenvalue weighted by atomic mass is 15.3. The lowest BCUT2D eigenvalue weighted by atomic mass is 9.99. The maximum atomic E-state index is 4.87. The second-order valence-electron chi connectivity index (χ2n) is 7.55. The number of nitrogens with one attached hydrogen (secondary N) is 1. The van der Waals surface area contributed by atoms with Crippen LogP contribution in [0.4, 0.5) is 11.8 Å². The molecule has 4 nitrogen and oxygen atoms in total. The van der Waals surface area contributed by atoms with Crippen LogP contribution in [0.2, 0.25) is 0 Å². The van der Waals surface area contributed by atoms with Crippen molar-refractivity contribution in [3.63, 3.8) is 0 Å². The Morgan fingerprint density at radius 3 is 2.71 bits per heavy atom.